The number of rotatable bonds is 10. The van der Waals surface area contributed by atoms with Crippen LogP contribution in [0.1, 0.15) is 77.2 Å². The predicted molar refractivity (Wildman–Crippen MR) is 155 cm³/mol. The zero-order chi connectivity index (χ0) is 28.2. The molecule has 5 rings (SSSR count). The maximum Gasteiger partial charge on any atom is 0.328 e. The molecule has 1 aliphatic rings. The third kappa shape index (κ3) is 5.55. The van der Waals surface area contributed by atoms with Gasteiger partial charge in [0.15, 0.2) is 0 Å². The van der Waals surface area contributed by atoms with Gasteiger partial charge in [0.2, 0.25) is 5.82 Å². The second kappa shape index (κ2) is 12.1. The smallest absolute Gasteiger partial charge is 0.300 e. The Hall–Kier alpha value is -3.88. The molecule has 3 heterocycles. The maximum absolute atomic E-state index is 14.0. The van der Waals surface area contributed by atoms with Gasteiger partial charge in [-0.05, 0) is 61.3 Å². The lowest BCUT2D eigenvalue weighted by molar-refractivity contribution is -0.124. The summed E-state index contributed by atoms with van der Waals surface area (Å²) in [5, 5.41) is 14.5. The topological polar surface area (TPSA) is 111 Å². The molecule has 3 atom stereocenters. The second-order valence-corrected chi connectivity index (χ2v) is 11.4. The molecule has 1 aromatic carbocycles. The highest BCUT2D eigenvalue weighted by Gasteiger charge is 2.39. The number of nitrogens with one attached hydrogen (secondary N) is 1. The van der Waals surface area contributed by atoms with E-state index < -0.39 is 0 Å². The Bertz CT molecular complexity index is 1480. The predicted octanol–water partition coefficient (Wildman–Crippen LogP) is 5.49. The number of carbonyl (C=O) groups is 1. The van der Waals surface area contributed by atoms with Crippen LogP contribution in [0.2, 0.25) is 0 Å². The lowest BCUT2D eigenvalue weighted by Gasteiger charge is -2.39. The Morgan fingerprint density at radius 3 is 2.58 bits per heavy atom. The fraction of sp³-hybridized carbons (Fsp3) is 0.484. The number of aryl methyl sites for hydroxylation is 1. The molecular formula is C31H39N7O2. The van der Waals surface area contributed by atoms with E-state index in [0.717, 1.165) is 66.6 Å². The number of tetrazole rings is 1. The first-order valence-corrected chi connectivity index (χ1v) is 14.5. The number of carbonyl (C=O) groups excluding carboxylic acids is 1. The first-order chi connectivity index (χ1) is 19.4. The number of Topliss-reactive ketones (excluding diaryl/α,β-unsaturated/α-hetero) is 1. The number of aromatic nitrogens is 7. The number of nitrogens with zero attached hydrogens (tertiary/aromatic N) is 6. The molecule has 0 spiro atoms. The third-order valence-corrected chi connectivity index (χ3v) is 8.45. The zero-order valence-electron chi connectivity index (χ0n) is 23.9. The van der Waals surface area contributed by atoms with Crippen LogP contribution in [0.15, 0.2) is 53.6 Å². The maximum atomic E-state index is 14.0. The lowest BCUT2D eigenvalue weighted by atomic mass is 9.71. The van der Waals surface area contributed by atoms with Crippen LogP contribution < -0.4 is 5.69 Å². The van der Waals surface area contributed by atoms with Crippen molar-refractivity contribution < 1.29 is 4.79 Å². The van der Waals surface area contributed by atoms with E-state index >= 15 is 0 Å². The van der Waals surface area contributed by atoms with Crippen molar-refractivity contribution in [2.45, 2.75) is 78.8 Å². The minimum Gasteiger partial charge on any atom is -0.300 e. The number of ketones is 1. The van der Waals surface area contributed by atoms with E-state index in [2.05, 4.69) is 41.4 Å². The highest BCUT2D eigenvalue weighted by molar-refractivity contribution is 5.80. The molecule has 1 aliphatic carbocycles. The number of imidazole rings is 1. The van der Waals surface area contributed by atoms with Crippen molar-refractivity contribution in [3.05, 3.63) is 70.7 Å². The largest absolute Gasteiger partial charge is 0.328 e. The summed E-state index contributed by atoms with van der Waals surface area (Å²) in [6.45, 7) is 8.66. The molecule has 1 N–H and O–H groups in total. The summed E-state index contributed by atoms with van der Waals surface area (Å²) in [4.78, 5) is 31.5. The van der Waals surface area contributed by atoms with Gasteiger partial charge in [0.1, 0.15) is 5.78 Å². The molecule has 210 valence electrons. The molecule has 0 radical (unpaired) electrons. The fourth-order valence-corrected chi connectivity index (χ4v) is 6.32. The van der Waals surface area contributed by atoms with Crippen LogP contribution in [0.3, 0.4) is 0 Å². The molecular weight excluding hydrogens is 502 g/mol. The molecule has 3 unspecified atom stereocenters. The van der Waals surface area contributed by atoms with Gasteiger partial charge < -0.3 is 0 Å². The Morgan fingerprint density at radius 2 is 1.93 bits per heavy atom. The quantitative estimate of drug-likeness (QED) is 0.284. The minimum atomic E-state index is -0.120. The van der Waals surface area contributed by atoms with E-state index in [1.165, 1.54) is 0 Å². The Labute approximate surface area is 235 Å². The van der Waals surface area contributed by atoms with E-state index in [1.54, 1.807) is 6.92 Å². The van der Waals surface area contributed by atoms with Crippen molar-refractivity contribution in [1.82, 2.24) is 34.7 Å². The monoisotopic (exact) mass is 541 g/mol. The first kappa shape index (κ1) is 27.7. The second-order valence-electron chi connectivity index (χ2n) is 11.4. The van der Waals surface area contributed by atoms with Crippen molar-refractivity contribution >= 4 is 5.78 Å². The van der Waals surface area contributed by atoms with Gasteiger partial charge in [-0.3, -0.25) is 18.9 Å². The van der Waals surface area contributed by atoms with Crippen molar-refractivity contribution in [2.24, 2.45) is 17.8 Å². The molecule has 0 amide bonds. The van der Waals surface area contributed by atoms with Crippen LogP contribution in [0.5, 0.6) is 0 Å². The standard InChI is InChI=1S/C31H39N7O2/c1-5-6-10-24-19-38(29-25(20(2)3)13-9-14-26(29)21(4)39)31(40)37(24)18-23-16-15-22(17-32-23)27-11-7-8-12-28(27)30-33-35-36-34-30/h7-8,11-12,15-17,19-20,25-26,29H,5-6,9-10,13-14,18H2,1-4H3,(H,33,34,35,36). The van der Waals surface area contributed by atoms with Crippen molar-refractivity contribution in [2.75, 3.05) is 0 Å². The highest BCUT2D eigenvalue weighted by atomic mass is 16.2. The number of unbranched alkanes of at least 4 members (excludes halogenated alkanes) is 1. The molecule has 40 heavy (non-hydrogen) atoms. The van der Waals surface area contributed by atoms with Crippen molar-refractivity contribution in [3.8, 4) is 22.5 Å². The van der Waals surface area contributed by atoms with Crippen LogP contribution in [-0.2, 0) is 17.8 Å². The van der Waals surface area contributed by atoms with Crippen LogP contribution in [0.4, 0.5) is 0 Å². The van der Waals surface area contributed by atoms with E-state index in [4.69, 9.17) is 4.98 Å². The number of hydrogen-bond acceptors (Lipinski definition) is 6. The van der Waals surface area contributed by atoms with Crippen LogP contribution in [-0.4, -0.2) is 40.5 Å². The van der Waals surface area contributed by atoms with Gasteiger partial charge in [0.05, 0.1) is 18.3 Å². The van der Waals surface area contributed by atoms with Gasteiger partial charge in [0, 0.05) is 35.1 Å². The highest BCUT2D eigenvalue weighted by Crippen LogP contribution is 2.42. The summed E-state index contributed by atoms with van der Waals surface area (Å²) >= 11 is 0. The first-order valence-electron chi connectivity index (χ1n) is 14.5. The van der Waals surface area contributed by atoms with Crippen molar-refractivity contribution in [1.29, 1.82) is 0 Å². The summed E-state index contributed by atoms with van der Waals surface area (Å²) in [5.41, 5.74) is 4.55. The van der Waals surface area contributed by atoms with E-state index in [-0.39, 0.29) is 23.4 Å². The Balaban J connectivity index is 1.48. The fourth-order valence-electron chi connectivity index (χ4n) is 6.32. The van der Waals surface area contributed by atoms with E-state index in [1.807, 2.05) is 57.9 Å². The summed E-state index contributed by atoms with van der Waals surface area (Å²) < 4.78 is 3.77. The SMILES string of the molecule is CCCCc1cn(C2C(C(C)=O)CCCC2C(C)C)c(=O)n1Cc1ccc(-c2ccccc2-c2nn[nH]n2)cn1. The summed E-state index contributed by atoms with van der Waals surface area (Å²) in [6.07, 6.45) is 9.66. The van der Waals surface area contributed by atoms with Crippen LogP contribution in [0.25, 0.3) is 22.5 Å². The van der Waals surface area contributed by atoms with Gasteiger partial charge in [-0.15, -0.1) is 10.2 Å². The normalized spacial score (nSPS) is 19.3. The average molecular weight is 542 g/mol. The number of benzene rings is 1. The summed E-state index contributed by atoms with van der Waals surface area (Å²) in [5.74, 6) is 1.28. The van der Waals surface area contributed by atoms with Gasteiger partial charge in [-0.25, -0.2) is 4.79 Å². The molecule has 9 heteroatoms. The Morgan fingerprint density at radius 1 is 1.12 bits per heavy atom. The van der Waals surface area contributed by atoms with E-state index in [0.29, 0.717) is 24.2 Å². The van der Waals surface area contributed by atoms with Crippen molar-refractivity contribution in [3.63, 3.8) is 0 Å². The molecule has 1 fully saturated rings. The third-order valence-electron chi connectivity index (χ3n) is 8.45. The molecule has 0 saturated heterocycles. The minimum absolute atomic E-state index is 0.0387. The van der Waals surface area contributed by atoms with Gasteiger partial charge >= 0.3 is 5.69 Å². The number of hydrogen-bond donors (Lipinski definition) is 1. The average Bonchev–Trinajstić information content (AvgIpc) is 3.61. The van der Waals surface area contributed by atoms with Crippen LogP contribution in [0, 0.1) is 17.8 Å². The molecule has 1 saturated carbocycles. The number of H-pyrrole nitrogens is 1. The van der Waals surface area contributed by atoms with Crippen LogP contribution >= 0.6 is 0 Å². The summed E-state index contributed by atoms with van der Waals surface area (Å²) in [6, 6.07) is 11.8. The molecule has 3 aromatic heterocycles. The summed E-state index contributed by atoms with van der Waals surface area (Å²) in [7, 11) is 0. The van der Waals surface area contributed by atoms with Gasteiger partial charge in [-0.2, -0.15) is 5.21 Å². The molecule has 4 aromatic rings. The molecule has 0 aliphatic heterocycles. The van der Waals surface area contributed by atoms with Gasteiger partial charge in [0.25, 0.3) is 0 Å². The Kier molecular flexibility index (Phi) is 8.38. The van der Waals surface area contributed by atoms with E-state index in [9.17, 15) is 9.59 Å². The molecule has 9 nitrogen and oxygen atoms in total. The number of pyridine rings is 1. The lowest BCUT2D eigenvalue weighted by Crippen LogP contribution is -2.41. The zero-order valence-corrected chi connectivity index (χ0v) is 23.9. The molecule has 0 bridgehead atoms. The van der Waals surface area contributed by atoms with Gasteiger partial charge in [-0.1, -0.05) is 63.9 Å². The number of aromatic amines is 1.